The number of benzene rings is 3. The zero-order valence-corrected chi connectivity index (χ0v) is 24.9. The lowest BCUT2D eigenvalue weighted by atomic mass is 9.98. The van der Waals surface area contributed by atoms with Crippen molar-refractivity contribution in [2.75, 3.05) is 48.0 Å². The minimum atomic E-state index is -0.858. The molecule has 2 aliphatic heterocycles. The summed E-state index contributed by atoms with van der Waals surface area (Å²) in [6, 6.07) is 21.1. The van der Waals surface area contributed by atoms with Gasteiger partial charge in [-0.1, -0.05) is 48.5 Å². The van der Waals surface area contributed by atoms with Crippen molar-refractivity contribution in [3.05, 3.63) is 89.5 Å². The van der Waals surface area contributed by atoms with Crippen LogP contribution in [0.25, 0.3) is 0 Å². The average molecular weight is 588 g/mol. The molecule has 4 amide bonds. The number of likely N-dealkylation sites (N-methyl/N-ethyl adjacent to an activating group) is 1. The quantitative estimate of drug-likeness (QED) is 0.411. The molecule has 0 unspecified atom stereocenters. The molecule has 2 aliphatic rings. The molecule has 43 heavy (non-hydrogen) atoms. The van der Waals surface area contributed by atoms with E-state index >= 15 is 0 Å². The van der Waals surface area contributed by atoms with E-state index in [9.17, 15) is 14.4 Å². The van der Waals surface area contributed by atoms with Gasteiger partial charge in [-0.3, -0.25) is 9.59 Å². The first kappa shape index (κ1) is 29.7. The molecule has 11 nitrogen and oxygen atoms in total. The van der Waals surface area contributed by atoms with Gasteiger partial charge in [-0.2, -0.15) is 0 Å². The number of fused-ring (bicyclic) bond motifs is 1. The van der Waals surface area contributed by atoms with Crippen molar-refractivity contribution in [2.24, 2.45) is 0 Å². The molecule has 0 spiro atoms. The van der Waals surface area contributed by atoms with Crippen LogP contribution in [0.15, 0.2) is 72.8 Å². The molecule has 3 aromatic rings. The summed E-state index contributed by atoms with van der Waals surface area (Å²) in [5, 5.41) is 6.16. The molecule has 0 saturated carbocycles. The van der Waals surface area contributed by atoms with Crippen molar-refractivity contribution in [1.82, 2.24) is 25.1 Å². The van der Waals surface area contributed by atoms with Crippen LogP contribution in [0.5, 0.6) is 17.2 Å². The third-order valence-corrected chi connectivity index (χ3v) is 7.88. The summed E-state index contributed by atoms with van der Waals surface area (Å²) in [6.07, 6.45) is -0.149. The van der Waals surface area contributed by atoms with Gasteiger partial charge in [0.15, 0.2) is 11.5 Å². The van der Waals surface area contributed by atoms with Crippen molar-refractivity contribution in [3.63, 3.8) is 0 Å². The van der Waals surface area contributed by atoms with Gasteiger partial charge in [0.25, 0.3) is 0 Å². The lowest BCUT2D eigenvalue weighted by Crippen LogP contribution is -2.73. The van der Waals surface area contributed by atoms with Gasteiger partial charge in [-0.25, -0.2) is 14.8 Å². The highest BCUT2D eigenvalue weighted by molar-refractivity contribution is 5.92. The van der Waals surface area contributed by atoms with Crippen LogP contribution in [0, 0.1) is 0 Å². The number of carbonyl (C=O) groups is 3. The maximum atomic E-state index is 14.0. The topological polar surface area (TPSA) is 104 Å². The predicted molar refractivity (Wildman–Crippen MR) is 159 cm³/mol. The second kappa shape index (κ2) is 13.0. The Labute approximate surface area is 251 Å². The molecule has 2 saturated heterocycles. The van der Waals surface area contributed by atoms with Crippen LogP contribution in [0.3, 0.4) is 0 Å². The highest BCUT2D eigenvalue weighted by atomic mass is 16.5. The fraction of sp³-hybridized carbons (Fsp3) is 0.344. The van der Waals surface area contributed by atoms with Crippen LogP contribution in [-0.4, -0.2) is 91.8 Å². The van der Waals surface area contributed by atoms with E-state index < -0.39 is 12.2 Å². The number of nitrogens with one attached hydrogen (secondary N) is 1. The van der Waals surface area contributed by atoms with E-state index in [2.05, 4.69) is 5.32 Å². The Morgan fingerprint density at radius 3 is 2.26 bits per heavy atom. The lowest BCUT2D eigenvalue weighted by Gasteiger charge is -2.54. The number of amides is 4. The van der Waals surface area contributed by atoms with E-state index in [0.717, 1.165) is 16.9 Å². The molecular formula is C32H37N5O6. The molecule has 0 aliphatic carbocycles. The first-order valence-corrected chi connectivity index (χ1v) is 14.1. The summed E-state index contributed by atoms with van der Waals surface area (Å²) in [4.78, 5) is 44.5. The smallest absolute Gasteiger partial charge is 0.334 e. The van der Waals surface area contributed by atoms with Crippen LogP contribution in [0.2, 0.25) is 0 Å². The van der Waals surface area contributed by atoms with Gasteiger partial charge in [-0.15, -0.1) is 0 Å². The Morgan fingerprint density at radius 2 is 1.58 bits per heavy atom. The number of methoxy groups -OCH3 is 3. The van der Waals surface area contributed by atoms with Gasteiger partial charge in [0.05, 0.1) is 34.4 Å². The Kier molecular flexibility index (Phi) is 9.01. The van der Waals surface area contributed by atoms with Crippen molar-refractivity contribution >= 4 is 17.8 Å². The highest BCUT2D eigenvalue weighted by Gasteiger charge is 2.51. The fourth-order valence-electron chi connectivity index (χ4n) is 5.66. The predicted octanol–water partition coefficient (Wildman–Crippen LogP) is 3.07. The van der Waals surface area contributed by atoms with Crippen LogP contribution in [0.1, 0.15) is 22.7 Å². The summed E-state index contributed by atoms with van der Waals surface area (Å²) < 4.78 is 16.0. The maximum Gasteiger partial charge on any atom is 0.334 e. The standard InChI is InChI=1S/C32H37N5O6/c1-34-21-29(38)36-28(37(34)32(40)33-19-23-10-13-25(41-2)14-11-23)20-35(31(39)30(36)24-8-6-5-7-9-24)17-16-22-12-15-26(42-3)27(18-22)43-4/h5-15,18,28,30H,16-17,19-21H2,1-4H3,(H,33,40)/t28-,30-/m0/s1. The van der Waals surface area contributed by atoms with Crippen LogP contribution < -0.4 is 19.5 Å². The van der Waals surface area contributed by atoms with Gasteiger partial charge < -0.3 is 29.3 Å². The van der Waals surface area contributed by atoms with E-state index in [1.54, 1.807) is 48.2 Å². The Hall–Kier alpha value is -4.77. The number of hydrogen-bond donors (Lipinski definition) is 1. The van der Waals surface area contributed by atoms with Gasteiger partial charge in [0, 0.05) is 20.1 Å². The number of hydrogen-bond acceptors (Lipinski definition) is 7. The first-order chi connectivity index (χ1) is 20.8. The Morgan fingerprint density at radius 1 is 0.884 bits per heavy atom. The molecular weight excluding hydrogens is 550 g/mol. The van der Waals surface area contributed by atoms with Crippen molar-refractivity contribution in [1.29, 1.82) is 0 Å². The molecule has 0 bridgehead atoms. The normalized spacial score (nSPS) is 18.7. The van der Waals surface area contributed by atoms with Crippen LogP contribution >= 0.6 is 0 Å². The highest BCUT2D eigenvalue weighted by Crippen LogP contribution is 2.35. The number of hydrazine groups is 1. The Balaban J connectivity index is 1.41. The number of urea groups is 1. The SMILES string of the molecule is COc1ccc(CNC(=O)N2[C@H]3CN(CCc4ccc(OC)c(OC)c4)C(=O)[C@H](c4ccccc4)N3C(=O)CN2C)cc1. The molecule has 226 valence electrons. The number of carbonyl (C=O) groups excluding carboxylic acids is 3. The molecule has 0 radical (unpaired) electrons. The number of rotatable bonds is 9. The minimum Gasteiger partial charge on any atom is -0.497 e. The fourth-order valence-corrected chi connectivity index (χ4v) is 5.66. The summed E-state index contributed by atoms with van der Waals surface area (Å²) in [5.74, 6) is 1.57. The average Bonchev–Trinajstić information content (AvgIpc) is 3.03. The zero-order valence-electron chi connectivity index (χ0n) is 24.9. The summed E-state index contributed by atoms with van der Waals surface area (Å²) in [5.41, 5.74) is 2.57. The first-order valence-electron chi connectivity index (χ1n) is 14.1. The molecule has 2 fully saturated rings. The van der Waals surface area contributed by atoms with Gasteiger partial charge >= 0.3 is 6.03 Å². The van der Waals surface area contributed by atoms with E-state index in [-0.39, 0.29) is 37.5 Å². The van der Waals surface area contributed by atoms with Gasteiger partial charge in [0.1, 0.15) is 18.0 Å². The monoisotopic (exact) mass is 587 g/mol. The van der Waals surface area contributed by atoms with E-state index in [0.29, 0.717) is 30.0 Å². The molecule has 0 aromatic heterocycles. The lowest BCUT2D eigenvalue weighted by molar-refractivity contribution is -0.187. The van der Waals surface area contributed by atoms with Crippen LogP contribution in [0.4, 0.5) is 4.79 Å². The Bertz CT molecular complexity index is 1450. The minimum absolute atomic E-state index is 0.0330. The molecule has 11 heteroatoms. The van der Waals surface area contributed by atoms with E-state index in [1.165, 1.54) is 0 Å². The van der Waals surface area contributed by atoms with Crippen molar-refractivity contribution < 1.29 is 28.6 Å². The third kappa shape index (κ3) is 6.21. The van der Waals surface area contributed by atoms with Gasteiger partial charge in [0.2, 0.25) is 11.8 Å². The molecule has 5 rings (SSSR count). The molecule has 1 N–H and O–H groups in total. The molecule has 2 heterocycles. The molecule has 2 atom stereocenters. The van der Waals surface area contributed by atoms with Crippen LogP contribution in [-0.2, 0) is 22.6 Å². The largest absolute Gasteiger partial charge is 0.497 e. The van der Waals surface area contributed by atoms with E-state index in [1.807, 2.05) is 72.8 Å². The third-order valence-electron chi connectivity index (χ3n) is 7.88. The summed E-state index contributed by atoms with van der Waals surface area (Å²) in [6.45, 7) is 0.815. The summed E-state index contributed by atoms with van der Waals surface area (Å²) in [7, 11) is 6.48. The van der Waals surface area contributed by atoms with Crippen molar-refractivity contribution in [2.45, 2.75) is 25.2 Å². The van der Waals surface area contributed by atoms with E-state index in [4.69, 9.17) is 14.2 Å². The second-order valence-corrected chi connectivity index (χ2v) is 10.5. The second-order valence-electron chi connectivity index (χ2n) is 10.5. The maximum absolute atomic E-state index is 14.0. The zero-order chi connectivity index (χ0) is 30.5. The number of nitrogens with zero attached hydrogens (tertiary/aromatic N) is 4. The van der Waals surface area contributed by atoms with Gasteiger partial charge in [-0.05, 0) is 47.4 Å². The number of ether oxygens (including phenoxy) is 3. The summed E-state index contributed by atoms with van der Waals surface area (Å²) >= 11 is 0. The molecule has 3 aromatic carbocycles. The number of piperazine rings is 1. The van der Waals surface area contributed by atoms with Crippen molar-refractivity contribution in [3.8, 4) is 17.2 Å².